The highest BCUT2D eigenvalue weighted by Crippen LogP contribution is 2.21. The quantitative estimate of drug-likeness (QED) is 0.271. The summed E-state index contributed by atoms with van der Waals surface area (Å²) in [5, 5.41) is 14.9. The molecule has 3 aromatic rings. The van der Waals surface area contributed by atoms with E-state index in [1.54, 1.807) is 12.1 Å². The minimum Gasteiger partial charge on any atom is -0.272 e. The number of hydrazone groups is 1. The van der Waals surface area contributed by atoms with Gasteiger partial charge in [0.1, 0.15) is 0 Å². The lowest BCUT2D eigenvalue weighted by molar-refractivity contribution is -0.384. The maximum atomic E-state index is 13.3. The SMILES string of the molecule is Cc1ccccc1CN(CC(=O)N/N=C\c1ccc([N+](=O)[O-])cc1)S(=O)(=O)c1ccc(Cl)cc1. The third kappa shape index (κ3) is 6.47. The number of hydrogen-bond donors (Lipinski definition) is 1. The highest BCUT2D eigenvalue weighted by atomic mass is 35.5. The first-order valence-electron chi connectivity index (χ1n) is 10.0. The second-order valence-electron chi connectivity index (χ2n) is 7.30. The first-order valence-corrected chi connectivity index (χ1v) is 11.9. The Morgan fingerprint density at radius 2 is 1.74 bits per heavy atom. The molecule has 0 aliphatic heterocycles. The van der Waals surface area contributed by atoms with E-state index in [-0.39, 0.29) is 17.1 Å². The van der Waals surface area contributed by atoms with Crippen LogP contribution in [-0.4, -0.2) is 36.3 Å². The summed E-state index contributed by atoms with van der Waals surface area (Å²) >= 11 is 5.89. The van der Waals surface area contributed by atoms with Crippen LogP contribution in [0.25, 0.3) is 0 Å². The van der Waals surface area contributed by atoms with Gasteiger partial charge in [0.15, 0.2) is 0 Å². The number of benzene rings is 3. The Bertz CT molecular complexity index is 1310. The number of carbonyl (C=O) groups is 1. The lowest BCUT2D eigenvalue weighted by atomic mass is 10.1. The number of aryl methyl sites for hydroxylation is 1. The third-order valence-corrected chi connectivity index (χ3v) is 6.94. The van der Waals surface area contributed by atoms with Crippen molar-refractivity contribution in [3.05, 3.63) is 105 Å². The maximum absolute atomic E-state index is 13.3. The van der Waals surface area contributed by atoms with Crippen molar-refractivity contribution in [2.45, 2.75) is 18.4 Å². The molecule has 11 heteroatoms. The Balaban J connectivity index is 1.77. The van der Waals surface area contributed by atoms with E-state index in [9.17, 15) is 23.3 Å². The van der Waals surface area contributed by atoms with E-state index in [1.807, 2.05) is 19.1 Å². The summed E-state index contributed by atoms with van der Waals surface area (Å²) in [6, 6.07) is 18.6. The van der Waals surface area contributed by atoms with Crippen molar-refractivity contribution in [1.29, 1.82) is 0 Å². The smallest absolute Gasteiger partial charge is 0.269 e. The van der Waals surface area contributed by atoms with Crippen LogP contribution >= 0.6 is 11.6 Å². The number of nitro groups is 1. The van der Waals surface area contributed by atoms with Gasteiger partial charge in [0.25, 0.3) is 11.6 Å². The average molecular weight is 501 g/mol. The van der Waals surface area contributed by atoms with Crippen LogP contribution in [0.15, 0.2) is 82.8 Å². The number of sulfonamides is 1. The Morgan fingerprint density at radius 1 is 1.09 bits per heavy atom. The summed E-state index contributed by atoms with van der Waals surface area (Å²) in [4.78, 5) is 22.8. The molecule has 34 heavy (non-hydrogen) atoms. The topological polar surface area (TPSA) is 122 Å². The minimum atomic E-state index is -4.02. The Kier molecular flexibility index (Phi) is 8.11. The van der Waals surface area contributed by atoms with E-state index in [4.69, 9.17) is 11.6 Å². The Labute approximate surface area is 201 Å². The fraction of sp³-hybridized carbons (Fsp3) is 0.130. The van der Waals surface area contributed by atoms with Gasteiger partial charge in [0.05, 0.1) is 22.6 Å². The zero-order valence-electron chi connectivity index (χ0n) is 18.1. The Morgan fingerprint density at radius 3 is 2.35 bits per heavy atom. The van der Waals surface area contributed by atoms with Gasteiger partial charge in [-0.1, -0.05) is 35.9 Å². The van der Waals surface area contributed by atoms with Gasteiger partial charge in [-0.2, -0.15) is 9.41 Å². The summed E-state index contributed by atoms with van der Waals surface area (Å²) in [6.45, 7) is 1.37. The minimum absolute atomic E-state index is 0.00710. The molecule has 176 valence electrons. The van der Waals surface area contributed by atoms with Gasteiger partial charge in [-0.05, 0) is 60.0 Å². The van der Waals surface area contributed by atoms with Crippen molar-refractivity contribution in [3.8, 4) is 0 Å². The predicted molar refractivity (Wildman–Crippen MR) is 129 cm³/mol. The molecule has 0 radical (unpaired) electrons. The van der Waals surface area contributed by atoms with Crippen LogP contribution in [0, 0.1) is 17.0 Å². The molecule has 0 bridgehead atoms. The van der Waals surface area contributed by atoms with Gasteiger partial charge in [-0.3, -0.25) is 14.9 Å². The molecule has 1 amide bonds. The van der Waals surface area contributed by atoms with Gasteiger partial charge in [-0.15, -0.1) is 0 Å². The molecule has 0 spiro atoms. The first-order chi connectivity index (χ1) is 16.2. The van der Waals surface area contributed by atoms with Gasteiger partial charge in [0.2, 0.25) is 10.0 Å². The molecule has 0 unspecified atom stereocenters. The van der Waals surface area contributed by atoms with Gasteiger partial charge in [-0.25, -0.2) is 13.8 Å². The predicted octanol–water partition coefficient (Wildman–Crippen LogP) is 3.90. The van der Waals surface area contributed by atoms with Crippen molar-refractivity contribution >= 4 is 39.4 Å². The molecule has 0 saturated carbocycles. The van der Waals surface area contributed by atoms with E-state index in [0.717, 1.165) is 15.4 Å². The van der Waals surface area contributed by atoms with Crippen molar-refractivity contribution < 1.29 is 18.1 Å². The maximum Gasteiger partial charge on any atom is 0.269 e. The molecule has 0 aliphatic carbocycles. The number of hydrogen-bond acceptors (Lipinski definition) is 6. The average Bonchev–Trinajstić information content (AvgIpc) is 2.80. The molecule has 9 nitrogen and oxygen atoms in total. The molecule has 3 rings (SSSR count). The largest absolute Gasteiger partial charge is 0.272 e. The van der Waals surface area contributed by atoms with Crippen LogP contribution in [0.3, 0.4) is 0 Å². The van der Waals surface area contributed by atoms with Crippen molar-refractivity contribution in [2.24, 2.45) is 5.10 Å². The summed E-state index contributed by atoms with van der Waals surface area (Å²) in [5.41, 5.74) is 4.39. The zero-order chi connectivity index (χ0) is 24.7. The van der Waals surface area contributed by atoms with Gasteiger partial charge in [0, 0.05) is 23.7 Å². The molecule has 3 aromatic carbocycles. The summed E-state index contributed by atoms with van der Waals surface area (Å²) < 4.78 is 27.6. The molecule has 0 saturated heterocycles. The van der Waals surface area contributed by atoms with Crippen LogP contribution < -0.4 is 5.43 Å². The lowest BCUT2D eigenvalue weighted by Crippen LogP contribution is -2.39. The van der Waals surface area contributed by atoms with Crippen molar-refractivity contribution in [2.75, 3.05) is 6.54 Å². The third-order valence-electron chi connectivity index (χ3n) is 4.89. The first kappa shape index (κ1) is 25.0. The second kappa shape index (κ2) is 11.0. The van der Waals surface area contributed by atoms with E-state index in [2.05, 4.69) is 10.5 Å². The van der Waals surface area contributed by atoms with Gasteiger partial charge < -0.3 is 0 Å². The molecule has 1 N–H and O–H groups in total. The summed E-state index contributed by atoms with van der Waals surface area (Å²) in [6.07, 6.45) is 1.31. The van der Waals surface area contributed by atoms with E-state index in [1.165, 1.54) is 54.7 Å². The number of nitro benzene ring substituents is 1. The normalized spacial score (nSPS) is 11.6. The molecule has 0 fully saturated rings. The summed E-state index contributed by atoms with van der Waals surface area (Å²) in [7, 11) is -4.02. The van der Waals surface area contributed by atoms with Crippen LogP contribution in [0.2, 0.25) is 5.02 Å². The van der Waals surface area contributed by atoms with E-state index < -0.39 is 27.4 Å². The van der Waals surface area contributed by atoms with Crippen LogP contribution in [-0.2, 0) is 21.4 Å². The molecule has 0 aromatic heterocycles. The standard InChI is InChI=1S/C23H21ClN4O5S/c1-17-4-2-3-5-19(17)15-27(34(32,33)22-12-8-20(24)9-13-22)16-23(29)26-25-14-18-6-10-21(11-7-18)28(30)31/h2-14H,15-16H2,1H3,(H,26,29)/b25-14-. The molecule has 0 heterocycles. The number of halogens is 1. The highest BCUT2D eigenvalue weighted by Gasteiger charge is 2.27. The molecular weight excluding hydrogens is 480 g/mol. The van der Waals surface area contributed by atoms with E-state index >= 15 is 0 Å². The second-order valence-corrected chi connectivity index (χ2v) is 9.67. The van der Waals surface area contributed by atoms with E-state index in [0.29, 0.717) is 10.6 Å². The van der Waals surface area contributed by atoms with Crippen LogP contribution in [0.5, 0.6) is 0 Å². The molecule has 0 aliphatic rings. The van der Waals surface area contributed by atoms with Crippen molar-refractivity contribution in [1.82, 2.24) is 9.73 Å². The fourth-order valence-corrected chi connectivity index (χ4v) is 4.52. The number of nitrogens with one attached hydrogen (secondary N) is 1. The van der Waals surface area contributed by atoms with Crippen LogP contribution in [0.1, 0.15) is 16.7 Å². The van der Waals surface area contributed by atoms with Gasteiger partial charge >= 0.3 is 0 Å². The fourth-order valence-electron chi connectivity index (χ4n) is 3.02. The lowest BCUT2D eigenvalue weighted by Gasteiger charge is -2.22. The van der Waals surface area contributed by atoms with Crippen LogP contribution in [0.4, 0.5) is 5.69 Å². The highest BCUT2D eigenvalue weighted by molar-refractivity contribution is 7.89. The Hall–Kier alpha value is -3.60. The number of non-ortho nitro benzene ring substituents is 1. The molecule has 0 atom stereocenters. The molecular formula is C23H21ClN4O5S. The monoisotopic (exact) mass is 500 g/mol. The summed E-state index contributed by atoms with van der Waals surface area (Å²) in [5.74, 6) is -0.649. The zero-order valence-corrected chi connectivity index (χ0v) is 19.7. The number of amides is 1. The number of rotatable bonds is 9. The van der Waals surface area contributed by atoms with Crippen molar-refractivity contribution in [3.63, 3.8) is 0 Å². The number of carbonyl (C=O) groups excluding carboxylic acids is 1. The number of nitrogens with zero attached hydrogens (tertiary/aromatic N) is 3.